The molecule has 1 unspecified atom stereocenters. The Kier molecular flexibility index (Phi) is 2.56. The van der Waals surface area contributed by atoms with Crippen molar-refractivity contribution in [1.82, 2.24) is 5.32 Å². The standard InChI is InChI=1S/C7H9ClN2O3/c1-4(11)9-7(3-8)6(12)13-5(2)10-7/h3H2,1-2H3,(H,9,11). The van der Waals surface area contributed by atoms with E-state index in [0.29, 0.717) is 0 Å². The van der Waals surface area contributed by atoms with Crippen molar-refractivity contribution in [2.45, 2.75) is 19.5 Å². The number of rotatable bonds is 2. The van der Waals surface area contributed by atoms with Gasteiger partial charge in [0.15, 0.2) is 5.90 Å². The molecule has 0 aliphatic carbocycles. The lowest BCUT2D eigenvalue weighted by Crippen LogP contribution is -2.52. The third-order valence-electron chi connectivity index (χ3n) is 1.50. The molecule has 13 heavy (non-hydrogen) atoms. The van der Waals surface area contributed by atoms with Crippen molar-refractivity contribution in [3.63, 3.8) is 0 Å². The summed E-state index contributed by atoms with van der Waals surface area (Å²) in [4.78, 5) is 25.8. The van der Waals surface area contributed by atoms with E-state index in [0.717, 1.165) is 0 Å². The molecule has 72 valence electrons. The van der Waals surface area contributed by atoms with Gasteiger partial charge in [-0.1, -0.05) is 0 Å². The van der Waals surface area contributed by atoms with Crippen LogP contribution in [0.2, 0.25) is 0 Å². The molecule has 0 spiro atoms. The van der Waals surface area contributed by atoms with Crippen molar-refractivity contribution in [1.29, 1.82) is 0 Å². The van der Waals surface area contributed by atoms with Crippen LogP contribution in [-0.4, -0.2) is 29.3 Å². The number of cyclic esters (lactones) is 1. The number of nitrogens with zero attached hydrogens (tertiary/aromatic N) is 1. The highest BCUT2D eigenvalue weighted by atomic mass is 35.5. The minimum atomic E-state index is -1.42. The Morgan fingerprint density at radius 3 is 2.69 bits per heavy atom. The number of halogens is 1. The molecule has 1 amide bonds. The Morgan fingerprint density at radius 1 is 1.77 bits per heavy atom. The molecule has 0 aromatic heterocycles. The van der Waals surface area contributed by atoms with Gasteiger partial charge in [0.25, 0.3) is 0 Å². The molecule has 1 aliphatic heterocycles. The summed E-state index contributed by atoms with van der Waals surface area (Å²) in [5.74, 6) is -0.950. The highest BCUT2D eigenvalue weighted by Crippen LogP contribution is 2.19. The quantitative estimate of drug-likeness (QED) is 0.510. The first kappa shape index (κ1) is 9.98. The topological polar surface area (TPSA) is 67.8 Å². The molecule has 0 saturated heterocycles. The molecule has 1 atom stereocenters. The zero-order chi connectivity index (χ0) is 10.1. The summed E-state index contributed by atoms with van der Waals surface area (Å²) in [6.45, 7) is 2.80. The molecule has 0 saturated carbocycles. The van der Waals surface area contributed by atoms with E-state index >= 15 is 0 Å². The lowest BCUT2D eigenvalue weighted by atomic mass is 10.2. The van der Waals surface area contributed by atoms with Gasteiger partial charge in [-0.3, -0.25) is 4.79 Å². The highest BCUT2D eigenvalue weighted by molar-refractivity contribution is 6.21. The number of esters is 1. The van der Waals surface area contributed by atoms with Crippen LogP contribution in [0.3, 0.4) is 0 Å². The molecule has 0 radical (unpaired) electrons. The van der Waals surface area contributed by atoms with Gasteiger partial charge in [-0.05, 0) is 0 Å². The molecular formula is C7H9ClN2O3. The van der Waals surface area contributed by atoms with E-state index in [9.17, 15) is 9.59 Å². The second-order valence-corrected chi connectivity index (χ2v) is 2.96. The number of hydrogen-bond acceptors (Lipinski definition) is 4. The summed E-state index contributed by atoms with van der Waals surface area (Å²) in [7, 11) is 0. The number of carbonyl (C=O) groups is 2. The van der Waals surface area contributed by atoms with E-state index in [-0.39, 0.29) is 17.7 Å². The van der Waals surface area contributed by atoms with Gasteiger partial charge in [-0.25, -0.2) is 9.79 Å². The first-order valence-corrected chi connectivity index (χ1v) is 4.17. The third kappa shape index (κ3) is 1.80. The van der Waals surface area contributed by atoms with Crippen molar-refractivity contribution in [3.05, 3.63) is 0 Å². The summed E-state index contributed by atoms with van der Waals surface area (Å²) < 4.78 is 4.68. The van der Waals surface area contributed by atoms with Crippen molar-refractivity contribution < 1.29 is 14.3 Å². The Bertz CT molecular complexity index is 289. The molecule has 6 heteroatoms. The number of ether oxygens (including phenoxy) is 1. The van der Waals surface area contributed by atoms with E-state index in [2.05, 4.69) is 15.0 Å². The van der Waals surface area contributed by atoms with Crippen LogP contribution in [0.4, 0.5) is 0 Å². The first-order chi connectivity index (χ1) is 6.00. The van der Waals surface area contributed by atoms with Crippen LogP contribution in [0.15, 0.2) is 4.99 Å². The largest absolute Gasteiger partial charge is 0.409 e. The van der Waals surface area contributed by atoms with Gasteiger partial charge >= 0.3 is 5.97 Å². The number of aliphatic imine (C=N–C) groups is 1. The summed E-state index contributed by atoms with van der Waals surface area (Å²) >= 11 is 5.55. The summed E-state index contributed by atoms with van der Waals surface area (Å²) in [5.41, 5.74) is -1.42. The van der Waals surface area contributed by atoms with E-state index < -0.39 is 11.6 Å². The fourth-order valence-electron chi connectivity index (χ4n) is 1.04. The zero-order valence-corrected chi connectivity index (χ0v) is 8.01. The van der Waals surface area contributed by atoms with Crippen LogP contribution in [0, 0.1) is 0 Å². The number of alkyl halides is 1. The number of nitrogens with one attached hydrogen (secondary N) is 1. The molecule has 0 aromatic rings. The summed E-state index contributed by atoms with van der Waals surface area (Å²) in [5, 5.41) is 2.35. The molecule has 0 aromatic carbocycles. The van der Waals surface area contributed by atoms with Gasteiger partial charge in [0.2, 0.25) is 11.6 Å². The maximum Gasteiger partial charge on any atom is 0.362 e. The number of carbonyl (C=O) groups excluding carboxylic acids is 2. The van der Waals surface area contributed by atoms with Gasteiger partial charge in [0, 0.05) is 13.8 Å². The summed E-state index contributed by atoms with van der Waals surface area (Å²) in [6.07, 6.45) is 0. The SMILES string of the molecule is CC(=O)NC1(CCl)N=C(C)OC1=O. The van der Waals surface area contributed by atoms with Gasteiger partial charge in [0.1, 0.15) is 0 Å². The van der Waals surface area contributed by atoms with Crippen LogP contribution >= 0.6 is 11.6 Å². The van der Waals surface area contributed by atoms with Gasteiger partial charge in [-0.2, -0.15) is 0 Å². The van der Waals surface area contributed by atoms with Crippen LogP contribution in [0.1, 0.15) is 13.8 Å². The molecule has 0 bridgehead atoms. The second kappa shape index (κ2) is 3.33. The fraction of sp³-hybridized carbons (Fsp3) is 0.571. The smallest absolute Gasteiger partial charge is 0.362 e. The van der Waals surface area contributed by atoms with Crippen LogP contribution in [0.25, 0.3) is 0 Å². The molecule has 1 heterocycles. The lowest BCUT2D eigenvalue weighted by Gasteiger charge is -2.19. The fourth-order valence-corrected chi connectivity index (χ4v) is 1.28. The van der Waals surface area contributed by atoms with Gasteiger partial charge in [-0.15, -0.1) is 11.6 Å². The predicted octanol–water partition coefficient (Wildman–Crippen LogP) is 0.0328. The summed E-state index contributed by atoms with van der Waals surface area (Å²) in [6, 6.07) is 0. The van der Waals surface area contributed by atoms with Crippen molar-refractivity contribution in [2.75, 3.05) is 5.88 Å². The van der Waals surface area contributed by atoms with Gasteiger partial charge < -0.3 is 10.1 Å². The Labute approximate surface area is 80.1 Å². The second-order valence-electron chi connectivity index (χ2n) is 2.70. The van der Waals surface area contributed by atoms with Crippen LogP contribution < -0.4 is 5.32 Å². The van der Waals surface area contributed by atoms with E-state index in [1.54, 1.807) is 0 Å². The minimum Gasteiger partial charge on any atom is -0.409 e. The first-order valence-electron chi connectivity index (χ1n) is 3.63. The maximum atomic E-state index is 11.2. The van der Waals surface area contributed by atoms with Crippen molar-refractivity contribution in [2.24, 2.45) is 4.99 Å². The average molecular weight is 205 g/mol. The van der Waals surface area contributed by atoms with Crippen LogP contribution in [0.5, 0.6) is 0 Å². The minimum absolute atomic E-state index is 0.136. The Hall–Kier alpha value is -1.10. The van der Waals surface area contributed by atoms with Crippen LogP contribution in [-0.2, 0) is 14.3 Å². The van der Waals surface area contributed by atoms with Crippen molar-refractivity contribution >= 4 is 29.4 Å². The van der Waals surface area contributed by atoms with E-state index in [1.165, 1.54) is 13.8 Å². The van der Waals surface area contributed by atoms with E-state index in [4.69, 9.17) is 11.6 Å². The lowest BCUT2D eigenvalue weighted by molar-refractivity contribution is -0.142. The average Bonchev–Trinajstić information content (AvgIpc) is 2.26. The molecule has 0 fully saturated rings. The normalized spacial score (nSPS) is 26.7. The zero-order valence-electron chi connectivity index (χ0n) is 7.26. The molecule has 1 N–H and O–H groups in total. The number of hydrogen-bond donors (Lipinski definition) is 1. The molecule has 1 rings (SSSR count). The highest BCUT2D eigenvalue weighted by Gasteiger charge is 2.45. The maximum absolute atomic E-state index is 11.2. The Balaban J connectivity index is 2.92. The number of amides is 1. The monoisotopic (exact) mass is 204 g/mol. The molecular weight excluding hydrogens is 196 g/mol. The molecule has 5 nitrogen and oxygen atoms in total. The molecule has 1 aliphatic rings. The van der Waals surface area contributed by atoms with Gasteiger partial charge in [0.05, 0.1) is 5.88 Å². The predicted molar refractivity (Wildman–Crippen MR) is 46.5 cm³/mol. The third-order valence-corrected chi connectivity index (χ3v) is 1.89. The van der Waals surface area contributed by atoms with E-state index in [1.807, 2.05) is 0 Å². The Morgan fingerprint density at radius 2 is 2.38 bits per heavy atom. The van der Waals surface area contributed by atoms with Crippen molar-refractivity contribution in [3.8, 4) is 0 Å².